The molecular formula is C17H32O4. The molecule has 0 aliphatic heterocycles. The van der Waals surface area contributed by atoms with Crippen LogP contribution in [0.3, 0.4) is 0 Å². The lowest BCUT2D eigenvalue weighted by Gasteiger charge is -2.29. The number of carbonyl (C=O) groups is 2. The number of carbonyl (C=O) groups excluding carboxylic acids is 2. The number of hydrogen-bond acceptors (Lipinski definition) is 4. The number of ether oxygens (including phenoxy) is 2. The molecule has 0 aliphatic carbocycles. The van der Waals surface area contributed by atoms with E-state index in [1.54, 1.807) is 0 Å². The van der Waals surface area contributed by atoms with Crippen molar-refractivity contribution in [2.24, 2.45) is 11.3 Å². The van der Waals surface area contributed by atoms with Crippen LogP contribution in [0.25, 0.3) is 0 Å². The first-order valence-electron chi connectivity index (χ1n) is 8.19. The Morgan fingerprint density at radius 1 is 1.00 bits per heavy atom. The minimum atomic E-state index is -0.572. The van der Waals surface area contributed by atoms with Crippen molar-refractivity contribution in [1.82, 2.24) is 0 Å². The van der Waals surface area contributed by atoms with Crippen molar-refractivity contribution in [3.63, 3.8) is 0 Å². The molecule has 0 fully saturated rings. The zero-order valence-electron chi connectivity index (χ0n) is 14.4. The van der Waals surface area contributed by atoms with Crippen molar-refractivity contribution in [3.05, 3.63) is 0 Å². The van der Waals surface area contributed by atoms with Gasteiger partial charge >= 0.3 is 11.9 Å². The van der Waals surface area contributed by atoms with Crippen LogP contribution in [0.15, 0.2) is 0 Å². The third-order valence-electron chi connectivity index (χ3n) is 4.03. The van der Waals surface area contributed by atoms with E-state index in [1.807, 2.05) is 20.8 Å². The predicted molar refractivity (Wildman–Crippen MR) is 83.9 cm³/mol. The Bertz CT molecular complexity index is 310. The van der Waals surface area contributed by atoms with Crippen molar-refractivity contribution >= 4 is 11.9 Å². The van der Waals surface area contributed by atoms with E-state index in [0.717, 1.165) is 25.7 Å². The van der Waals surface area contributed by atoms with Crippen LogP contribution in [0.2, 0.25) is 0 Å². The normalized spacial score (nSPS) is 12.8. The van der Waals surface area contributed by atoms with Gasteiger partial charge in [0.15, 0.2) is 0 Å². The maximum atomic E-state index is 12.1. The van der Waals surface area contributed by atoms with Crippen molar-refractivity contribution in [1.29, 1.82) is 0 Å². The number of hydrogen-bond donors (Lipinski definition) is 0. The van der Waals surface area contributed by atoms with Crippen LogP contribution in [0.5, 0.6) is 0 Å². The summed E-state index contributed by atoms with van der Waals surface area (Å²) in [5, 5.41) is 0. The van der Waals surface area contributed by atoms with Gasteiger partial charge in [0.1, 0.15) is 0 Å². The zero-order chi connectivity index (χ0) is 16.3. The third kappa shape index (κ3) is 8.08. The summed E-state index contributed by atoms with van der Waals surface area (Å²) in [7, 11) is 0. The van der Waals surface area contributed by atoms with Crippen LogP contribution < -0.4 is 0 Å². The second-order valence-electron chi connectivity index (χ2n) is 6.22. The lowest BCUT2D eigenvalue weighted by Crippen LogP contribution is -2.33. The van der Waals surface area contributed by atoms with E-state index < -0.39 is 5.41 Å². The Kier molecular flexibility index (Phi) is 10.1. The molecule has 1 unspecified atom stereocenters. The lowest BCUT2D eigenvalue weighted by molar-refractivity contribution is -0.158. The maximum Gasteiger partial charge on any atom is 0.311 e. The highest BCUT2D eigenvalue weighted by atomic mass is 16.5. The lowest BCUT2D eigenvalue weighted by atomic mass is 9.77. The van der Waals surface area contributed by atoms with Gasteiger partial charge in [0, 0.05) is 6.42 Å². The van der Waals surface area contributed by atoms with Gasteiger partial charge in [-0.1, -0.05) is 33.6 Å². The van der Waals surface area contributed by atoms with Gasteiger partial charge in [0.25, 0.3) is 0 Å². The molecule has 0 amide bonds. The molecule has 0 heterocycles. The SMILES string of the molecule is CCCCOC(=O)CCC(C)C(C)(C)C(=O)OCCCC. The molecule has 0 aromatic rings. The summed E-state index contributed by atoms with van der Waals surface area (Å²) in [6.45, 7) is 10.8. The van der Waals surface area contributed by atoms with Crippen LogP contribution in [-0.4, -0.2) is 25.2 Å². The van der Waals surface area contributed by atoms with Crippen molar-refractivity contribution in [3.8, 4) is 0 Å². The highest BCUT2D eigenvalue weighted by Crippen LogP contribution is 2.31. The topological polar surface area (TPSA) is 52.6 Å². The molecular weight excluding hydrogens is 268 g/mol. The number of esters is 2. The molecule has 0 N–H and O–H groups in total. The van der Waals surface area contributed by atoms with Crippen LogP contribution >= 0.6 is 0 Å². The van der Waals surface area contributed by atoms with E-state index in [1.165, 1.54) is 0 Å². The summed E-state index contributed by atoms with van der Waals surface area (Å²) in [5.41, 5.74) is -0.572. The first kappa shape index (κ1) is 19.9. The molecule has 21 heavy (non-hydrogen) atoms. The molecule has 0 radical (unpaired) electrons. The standard InChI is InChI=1S/C17H32O4/c1-6-8-12-20-15(18)11-10-14(3)17(4,5)16(19)21-13-9-7-2/h14H,6-13H2,1-5H3. The summed E-state index contributed by atoms with van der Waals surface area (Å²) in [5.74, 6) is -0.279. The summed E-state index contributed by atoms with van der Waals surface area (Å²) >= 11 is 0. The second kappa shape index (κ2) is 10.6. The van der Waals surface area contributed by atoms with E-state index in [0.29, 0.717) is 26.1 Å². The van der Waals surface area contributed by atoms with E-state index in [9.17, 15) is 9.59 Å². The molecule has 0 bridgehead atoms. The van der Waals surface area contributed by atoms with Gasteiger partial charge in [-0.3, -0.25) is 9.59 Å². The van der Waals surface area contributed by atoms with Gasteiger partial charge in [0.05, 0.1) is 18.6 Å². The molecule has 0 aromatic carbocycles. The minimum absolute atomic E-state index is 0.0744. The smallest absolute Gasteiger partial charge is 0.311 e. The van der Waals surface area contributed by atoms with E-state index in [2.05, 4.69) is 13.8 Å². The number of rotatable bonds is 11. The largest absolute Gasteiger partial charge is 0.466 e. The van der Waals surface area contributed by atoms with Gasteiger partial charge < -0.3 is 9.47 Å². The Labute approximate surface area is 129 Å². The molecule has 1 atom stereocenters. The molecule has 4 nitrogen and oxygen atoms in total. The van der Waals surface area contributed by atoms with Crippen molar-refractivity contribution in [2.75, 3.05) is 13.2 Å². The van der Waals surface area contributed by atoms with Crippen LogP contribution in [0.1, 0.15) is 73.1 Å². The third-order valence-corrected chi connectivity index (χ3v) is 4.03. The minimum Gasteiger partial charge on any atom is -0.466 e. The average molecular weight is 300 g/mol. The van der Waals surface area contributed by atoms with Gasteiger partial charge in [-0.25, -0.2) is 0 Å². The molecule has 0 saturated carbocycles. The van der Waals surface area contributed by atoms with Gasteiger partial charge in [-0.15, -0.1) is 0 Å². The van der Waals surface area contributed by atoms with Crippen LogP contribution in [0, 0.1) is 11.3 Å². The van der Waals surface area contributed by atoms with E-state index >= 15 is 0 Å². The first-order chi connectivity index (χ1) is 9.86. The fraction of sp³-hybridized carbons (Fsp3) is 0.882. The fourth-order valence-corrected chi connectivity index (χ4v) is 1.79. The monoisotopic (exact) mass is 300 g/mol. The maximum absolute atomic E-state index is 12.1. The molecule has 0 aromatic heterocycles. The Hall–Kier alpha value is -1.06. The highest BCUT2D eigenvalue weighted by molar-refractivity contribution is 5.76. The quantitative estimate of drug-likeness (QED) is 0.425. The summed E-state index contributed by atoms with van der Waals surface area (Å²) in [6.07, 6.45) is 4.81. The molecule has 0 aliphatic rings. The number of unbranched alkanes of at least 4 members (excludes halogenated alkanes) is 2. The fourth-order valence-electron chi connectivity index (χ4n) is 1.79. The molecule has 0 rings (SSSR count). The van der Waals surface area contributed by atoms with E-state index in [-0.39, 0.29) is 17.9 Å². The molecule has 0 spiro atoms. The average Bonchev–Trinajstić information content (AvgIpc) is 2.45. The molecule has 4 heteroatoms. The predicted octanol–water partition coefficient (Wildman–Crippen LogP) is 4.12. The zero-order valence-corrected chi connectivity index (χ0v) is 14.4. The summed E-state index contributed by atoms with van der Waals surface area (Å²) in [6, 6.07) is 0. The first-order valence-corrected chi connectivity index (χ1v) is 8.19. The Morgan fingerprint density at radius 2 is 1.52 bits per heavy atom. The van der Waals surface area contributed by atoms with Crippen LogP contribution in [-0.2, 0) is 19.1 Å². The Balaban J connectivity index is 4.13. The molecule has 0 saturated heterocycles. The molecule has 124 valence electrons. The van der Waals surface area contributed by atoms with Crippen molar-refractivity contribution in [2.45, 2.75) is 73.1 Å². The summed E-state index contributed by atoms with van der Waals surface area (Å²) in [4.78, 5) is 23.7. The summed E-state index contributed by atoms with van der Waals surface area (Å²) < 4.78 is 10.4. The van der Waals surface area contributed by atoms with Gasteiger partial charge in [-0.05, 0) is 39.0 Å². The van der Waals surface area contributed by atoms with E-state index in [4.69, 9.17) is 9.47 Å². The van der Waals surface area contributed by atoms with Crippen molar-refractivity contribution < 1.29 is 19.1 Å². The van der Waals surface area contributed by atoms with Gasteiger partial charge in [-0.2, -0.15) is 0 Å². The van der Waals surface area contributed by atoms with Crippen LogP contribution in [0.4, 0.5) is 0 Å². The van der Waals surface area contributed by atoms with Gasteiger partial charge in [0.2, 0.25) is 0 Å². The second-order valence-corrected chi connectivity index (χ2v) is 6.22. The Morgan fingerprint density at radius 3 is 2.05 bits per heavy atom. The highest BCUT2D eigenvalue weighted by Gasteiger charge is 2.35.